The summed E-state index contributed by atoms with van der Waals surface area (Å²) in [6.45, 7) is 13.1. The molecule has 1 aromatic rings. The highest BCUT2D eigenvalue weighted by molar-refractivity contribution is 5.37. The van der Waals surface area contributed by atoms with Crippen LogP contribution >= 0.6 is 0 Å². The second-order valence-electron chi connectivity index (χ2n) is 6.77. The second kappa shape index (κ2) is 5.02. The van der Waals surface area contributed by atoms with E-state index in [1.165, 1.54) is 16.7 Å². The molecular weight excluding hydrogens is 220 g/mol. The summed E-state index contributed by atoms with van der Waals surface area (Å²) in [5, 5.41) is 3.29. The number of likely N-dealkylation sites (N-methyl/N-ethyl adjacent to an activating group) is 1. The monoisotopic (exact) mass is 248 g/mol. The average Bonchev–Trinajstić information content (AvgIpc) is 2.26. The van der Waals surface area contributed by atoms with Crippen molar-refractivity contribution in [3.8, 4) is 0 Å². The lowest BCUT2D eigenvalue weighted by Gasteiger charge is -2.33. The highest BCUT2D eigenvalue weighted by Gasteiger charge is 2.27. The number of aryl methyl sites for hydroxylation is 1. The standard InChI is InChI=1S/C16H28N2/c1-11-10-12(15(2,3)4)8-9-13(11)14(17)16(5,6)18-7/h8-10,14,18H,17H2,1-7H3. The molecule has 18 heavy (non-hydrogen) atoms. The van der Waals surface area contributed by atoms with Gasteiger partial charge >= 0.3 is 0 Å². The van der Waals surface area contributed by atoms with Gasteiger partial charge in [-0.3, -0.25) is 0 Å². The smallest absolute Gasteiger partial charge is 0.0477 e. The van der Waals surface area contributed by atoms with Gasteiger partial charge < -0.3 is 11.1 Å². The Balaban J connectivity index is 3.14. The fourth-order valence-corrected chi connectivity index (χ4v) is 2.04. The summed E-state index contributed by atoms with van der Waals surface area (Å²) in [5.41, 5.74) is 10.3. The van der Waals surface area contributed by atoms with Crippen molar-refractivity contribution in [1.29, 1.82) is 0 Å². The van der Waals surface area contributed by atoms with Crippen LogP contribution in [0.5, 0.6) is 0 Å². The third-order valence-corrected chi connectivity index (χ3v) is 3.89. The summed E-state index contributed by atoms with van der Waals surface area (Å²) in [5.74, 6) is 0. The lowest BCUT2D eigenvalue weighted by atomic mass is 9.82. The zero-order valence-corrected chi connectivity index (χ0v) is 12.9. The van der Waals surface area contributed by atoms with E-state index in [2.05, 4.69) is 65.1 Å². The number of nitrogens with two attached hydrogens (primary N) is 1. The molecule has 0 saturated carbocycles. The molecule has 0 aliphatic carbocycles. The van der Waals surface area contributed by atoms with Gasteiger partial charge in [0, 0.05) is 11.6 Å². The molecule has 0 aliphatic heterocycles. The number of hydrogen-bond donors (Lipinski definition) is 2. The van der Waals surface area contributed by atoms with E-state index < -0.39 is 0 Å². The molecule has 2 nitrogen and oxygen atoms in total. The van der Waals surface area contributed by atoms with Crippen molar-refractivity contribution in [3.05, 3.63) is 34.9 Å². The maximum atomic E-state index is 6.38. The zero-order chi connectivity index (χ0) is 14.1. The summed E-state index contributed by atoms with van der Waals surface area (Å²) >= 11 is 0. The largest absolute Gasteiger partial charge is 0.322 e. The molecule has 0 aromatic heterocycles. The van der Waals surface area contributed by atoms with Gasteiger partial charge in [-0.2, -0.15) is 0 Å². The Morgan fingerprint density at radius 2 is 1.67 bits per heavy atom. The first-order valence-corrected chi connectivity index (χ1v) is 6.65. The maximum absolute atomic E-state index is 6.38. The van der Waals surface area contributed by atoms with Gasteiger partial charge in [-0.1, -0.05) is 39.0 Å². The number of hydrogen-bond acceptors (Lipinski definition) is 2. The second-order valence-corrected chi connectivity index (χ2v) is 6.77. The van der Waals surface area contributed by atoms with E-state index in [9.17, 15) is 0 Å². The number of benzene rings is 1. The highest BCUT2D eigenvalue weighted by Crippen LogP contribution is 2.29. The maximum Gasteiger partial charge on any atom is 0.0477 e. The third-order valence-electron chi connectivity index (χ3n) is 3.89. The van der Waals surface area contributed by atoms with Crippen LogP contribution in [-0.4, -0.2) is 12.6 Å². The molecule has 0 spiro atoms. The molecule has 2 heteroatoms. The summed E-state index contributed by atoms with van der Waals surface area (Å²) in [4.78, 5) is 0. The Kier molecular flexibility index (Phi) is 4.24. The number of nitrogens with one attached hydrogen (secondary N) is 1. The van der Waals surface area contributed by atoms with Crippen molar-refractivity contribution >= 4 is 0 Å². The molecule has 1 aromatic carbocycles. The fourth-order valence-electron chi connectivity index (χ4n) is 2.04. The highest BCUT2D eigenvalue weighted by atomic mass is 15.0. The lowest BCUT2D eigenvalue weighted by molar-refractivity contribution is 0.347. The van der Waals surface area contributed by atoms with Gasteiger partial charge in [-0.15, -0.1) is 0 Å². The van der Waals surface area contributed by atoms with Crippen LogP contribution < -0.4 is 11.1 Å². The normalized spacial score (nSPS) is 14.7. The predicted octanol–water partition coefficient (Wildman–Crippen LogP) is 3.29. The van der Waals surface area contributed by atoms with Crippen LogP contribution in [0.4, 0.5) is 0 Å². The summed E-state index contributed by atoms with van der Waals surface area (Å²) in [7, 11) is 1.96. The molecule has 0 bridgehead atoms. The Hall–Kier alpha value is -0.860. The van der Waals surface area contributed by atoms with Crippen LogP contribution in [0, 0.1) is 6.92 Å². The Morgan fingerprint density at radius 1 is 1.11 bits per heavy atom. The van der Waals surface area contributed by atoms with Gasteiger partial charge in [0.05, 0.1) is 0 Å². The molecule has 0 aliphatic rings. The van der Waals surface area contributed by atoms with E-state index >= 15 is 0 Å². The first-order chi connectivity index (χ1) is 8.09. The van der Waals surface area contributed by atoms with Crippen LogP contribution in [0.1, 0.15) is 57.4 Å². The SMILES string of the molecule is CNC(C)(C)C(N)c1ccc(C(C)(C)C)cc1C. The third kappa shape index (κ3) is 3.12. The van der Waals surface area contributed by atoms with E-state index in [-0.39, 0.29) is 17.0 Å². The number of rotatable bonds is 3. The molecule has 1 rings (SSSR count). The van der Waals surface area contributed by atoms with Crippen molar-refractivity contribution in [2.45, 2.75) is 58.5 Å². The van der Waals surface area contributed by atoms with Gasteiger partial charge in [-0.05, 0) is 49.9 Å². The first-order valence-electron chi connectivity index (χ1n) is 6.65. The Labute approximate surface area is 112 Å². The van der Waals surface area contributed by atoms with Crippen molar-refractivity contribution in [2.75, 3.05) is 7.05 Å². The van der Waals surface area contributed by atoms with E-state index in [4.69, 9.17) is 5.73 Å². The topological polar surface area (TPSA) is 38.0 Å². The van der Waals surface area contributed by atoms with Crippen molar-refractivity contribution in [1.82, 2.24) is 5.32 Å². The molecule has 1 atom stereocenters. The van der Waals surface area contributed by atoms with Gasteiger partial charge in [0.15, 0.2) is 0 Å². The average molecular weight is 248 g/mol. The van der Waals surface area contributed by atoms with E-state index in [0.717, 1.165) is 0 Å². The lowest BCUT2D eigenvalue weighted by Crippen LogP contribution is -2.46. The first kappa shape index (κ1) is 15.2. The molecular formula is C16H28N2. The van der Waals surface area contributed by atoms with Crippen LogP contribution in [0.3, 0.4) is 0 Å². The zero-order valence-electron chi connectivity index (χ0n) is 12.9. The van der Waals surface area contributed by atoms with Crippen molar-refractivity contribution in [2.24, 2.45) is 5.73 Å². The van der Waals surface area contributed by atoms with Crippen molar-refractivity contribution in [3.63, 3.8) is 0 Å². The van der Waals surface area contributed by atoms with E-state index in [1.54, 1.807) is 0 Å². The van der Waals surface area contributed by atoms with Gasteiger partial charge in [0.1, 0.15) is 0 Å². The van der Waals surface area contributed by atoms with Gasteiger partial charge in [0.2, 0.25) is 0 Å². The molecule has 0 saturated heterocycles. The quantitative estimate of drug-likeness (QED) is 0.861. The minimum atomic E-state index is -0.103. The predicted molar refractivity (Wildman–Crippen MR) is 79.9 cm³/mol. The Bertz CT molecular complexity index is 414. The van der Waals surface area contributed by atoms with E-state index in [0.29, 0.717) is 0 Å². The van der Waals surface area contributed by atoms with Gasteiger partial charge in [-0.25, -0.2) is 0 Å². The molecule has 102 valence electrons. The van der Waals surface area contributed by atoms with Crippen LogP contribution in [-0.2, 0) is 5.41 Å². The fraction of sp³-hybridized carbons (Fsp3) is 0.625. The summed E-state index contributed by atoms with van der Waals surface area (Å²) in [6, 6.07) is 6.64. The molecule has 0 fully saturated rings. The molecule has 0 amide bonds. The van der Waals surface area contributed by atoms with Gasteiger partial charge in [0.25, 0.3) is 0 Å². The summed E-state index contributed by atoms with van der Waals surface area (Å²) in [6.07, 6.45) is 0. The molecule has 0 heterocycles. The minimum absolute atomic E-state index is 0.00322. The summed E-state index contributed by atoms with van der Waals surface area (Å²) < 4.78 is 0. The Morgan fingerprint density at radius 3 is 2.06 bits per heavy atom. The van der Waals surface area contributed by atoms with Crippen LogP contribution in [0.25, 0.3) is 0 Å². The molecule has 0 radical (unpaired) electrons. The minimum Gasteiger partial charge on any atom is -0.322 e. The van der Waals surface area contributed by atoms with Crippen molar-refractivity contribution < 1.29 is 0 Å². The molecule has 1 unspecified atom stereocenters. The van der Waals surface area contributed by atoms with Crippen LogP contribution in [0.2, 0.25) is 0 Å². The van der Waals surface area contributed by atoms with E-state index in [1.807, 2.05) is 7.05 Å². The van der Waals surface area contributed by atoms with Crippen LogP contribution in [0.15, 0.2) is 18.2 Å². The molecule has 3 N–H and O–H groups in total.